The number of anilines is 1. The molecule has 0 unspecified atom stereocenters. The number of piperidine rings is 1. The zero-order chi connectivity index (χ0) is 18.1. The number of aromatic amines is 1. The summed E-state index contributed by atoms with van der Waals surface area (Å²) in [6, 6.07) is 8.15. The highest BCUT2D eigenvalue weighted by atomic mass is 16.4. The quantitative estimate of drug-likeness (QED) is 0.755. The van der Waals surface area contributed by atoms with Gasteiger partial charge in [-0.2, -0.15) is 0 Å². The molecule has 134 valence electrons. The van der Waals surface area contributed by atoms with Crippen LogP contribution in [-0.2, 0) is 4.79 Å². The number of carboxylic acid groups (broad SMARTS) is 1. The number of carbonyl (C=O) groups is 1. The van der Waals surface area contributed by atoms with Crippen molar-refractivity contribution in [2.75, 3.05) is 18.0 Å². The summed E-state index contributed by atoms with van der Waals surface area (Å²) in [5.41, 5.74) is 3.86. The van der Waals surface area contributed by atoms with Crippen molar-refractivity contribution < 1.29 is 9.90 Å². The molecule has 2 aromatic heterocycles. The van der Waals surface area contributed by atoms with Crippen molar-refractivity contribution in [3.8, 4) is 17.2 Å². The molecule has 0 saturated carbocycles. The lowest BCUT2D eigenvalue weighted by molar-refractivity contribution is -0.141. The fraction of sp³-hybridized carbons (Fsp3) is 0.316. The number of nitrogens with one attached hydrogen (secondary N) is 1. The Balaban J connectivity index is 1.59. The fourth-order valence-corrected chi connectivity index (χ4v) is 3.51. The molecular formula is C19H21N5O2. The topological polar surface area (TPSA) is 87.0 Å². The number of H-pyrrole nitrogens is 1. The van der Waals surface area contributed by atoms with Crippen LogP contribution in [0.15, 0.2) is 43.0 Å². The van der Waals surface area contributed by atoms with Crippen LogP contribution >= 0.6 is 0 Å². The molecule has 0 radical (unpaired) electrons. The lowest BCUT2D eigenvalue weighted by Crippen LogP contribution is -2.38. The minimum atomic E-state index is -0.705. The van der Waals surface area contributed by atoms with E-state index in [1.807, 2.05) is 42.0 Å². The predicted octanol–water partition coefficient (Wildman–Crippen LogP) is 2.87. The van der Waals surface area contributed by atoms with Crippen molar-refractivity contribution in [2.45, 2.75) is 19.8 Å². The van der Waals surface area contributed by atoms with E-state index in [4.69, 9.17) is 0 Å². The van der Waals surface area contributed by atoms with Crippen LogP contribution in [0.25, 0.3) is 17.2 Å². The molecule has 2 N–H and O–H groups in total. The largest absolute Gasteiger partial charge is 0.481 e. The van der Waals surface area contributed by atoms with Crippen molar-refractivity contribution in [2.24, 2.45) is 5.92 Å². The zero-order valence-corrected chi connectivity index (χ0v) is 14.6. The van der Waals surface area contributed by atoms with E-state index in [0.717, 1.165) is 48.0 Å². The third-order valence-electron chi connectivity index (χ3n) is 4.95. The zero-order valence-electron chi connectivity index (χ0n) is 14.6. The van der Waals surface area contributed by atoms with Crippen molar-refractivity contribution in [1.82, 2.24) is 19.5 Å². The highest BCUT2D eigenvalue weighted by Gasteiger charge is 2.25. The number of nitrogens with zero attached hydrogens (tertiary/aromatic N) is 4. The van der Waals surface area contributed by atoms with E-state index in [1.54, 1.807) is 12.5 Å². The van der Waals surface area contributed by atoms with Gasteiger partial charge in [0.25, 0.3) is 0 Å². The number of aromatic nitrogens is 4. The number of carboxylic acids is 1. The molecule has 0 aliphatic carbocycles. The van der Waals surface area contributed by atoms with Crippen LogP contribution in [0.2, 0.25) is 0 Å². The summed E-state index contributed by atoms with van der Waals surface area (Å²) in [7, 11) is 0. The van der Waals surface area contributed by atoms with E-state index in [-0.39, 0.29) is 5.92 Å². The number of hydrogen-bond acceptors (Lipinski definition) is 4. The summed E-state index contributed by atoms with van der Waals surface area (Å²) in [6.07, 6.45) is 7.01. The molecule has 0 amide bonds. The Bertz CT molecular complexity index is 912. The minimum absolute atomic E-state index is 0.286. The van der Waals surface area contributed by atoms with Crippen molar-refractivity contribution >= 4 is 11.7 Å². The van der Waals surface area contributed by atoms with Gasteiger partial charge < -0.3 is 15.0 Å². The van der Waals surface area contributed by atoms with E-state index < -0.39 is 5.97 Å². The van der Waals surface area contributed by atoms with Gasteiger partial charge in [-0.25, -0.2) is 9.97 Å². The second kappa shape index (κ2) is 6.67. The molecule has 1 aliphatic heterocycles. The number of rotatable bonds is 4. The Morgan fingerprint density at radius 2 is 2.00 bits per heavy atom. The van der Waals surface area contributed by atoms with E-state index in [9.17, 15) is 9.90 Å². The van der Waals surface area contributed by atoms with E-state index in [1.165, 1.54) is 0 Å². The van der Waals surface area contributed by atoms with Crippen LogP contribution < -0.4 is 4.90 Å². The van der Waals surface area contributed by atoms with Gasteiger partial charge in [0, 0.05) is 42.6 Å². The normalized spacial score (nSPS) is 17.4. The van der Waals surface area contributed by atoms with Gasteiger partial charge in [0.2, 0.25) is 0 Å². The number of hydrogen-bond donors (Lipinski definition) is 2. The predicted molar refractivity (Wildman–Crippen MR) is 98.5 cm³/mol. The summed E-state index contributed by atoms with van der Waals surface area (Å²) in [5.74, 6) is -0.199. The molecule has 7 nitrogen and oxygen atoms in total. The van der Waals surface area contributed by atoms with Crippen molar-refractivity contribution in [3.05, 3.63) is 48.7 Å². The second-order valence-electron chi connectivity index (χ2n) is 6.64. The molecule has 1 atom stereocenters. The van der Waals surface area contributed by atoms with E-state index in [0.29, 0.717) is 6.54 Å². The number of aliphatic carboxylic acids is 1. The maximum absolute atomic E-state index is 11.3. The molecule has 3 heterocycles. The van der Waals surface area contributed by atoms with Gasteiger partial charge in [0.1, 0.15) is 5.69 Å². The van der Waals surface area contributed by atoms with Gasteiger partial charge in [0.15, 0.2) is 5.82 Å². The lowest BCUT2D eigenvalue weighted by atomic mass is 9.98. The summed E-state index contributed by atoms with van der Waals surface area (Å²) in [5, 5.41) is 9.27. The van der Waals surface area contributed by atoms with Crippen LogP contribution in [0.5, 0.6) is 0 Å². The molecule has 1 aromatic carbocycles. The smallest absolute Gasteiger partial charge is 0.308 e. The Hall–Kier alpha value is -3.09. The van der Waals surface area contributed by atoms with Gasteiger partial charge >= 0.3 is 5.97 Å². The minimum Gasteiger partial charge on any atom is -0.481 e. The first kappa shape index (κ1) is 16.4. The Kier molecular flexibility index (Phi) is 4.20. The molecule has 7 heteroatoms. The molecule has 0 bridgehead atoms. The molecule has 1 aliphatic rings. The molecule has 0 spiro atoms. The summed E-state index contributed by atoms with van der Waals surface area (Å²) < 4.78 is 2.00. The fourth-order valence-electron chi connectivity index (χ4n) is 3.51. The summed E-state index contributed by atoms with van der Waals surface area (Å²) in [4.78, 5) is 25.3. The van der Waals surface area contributed by atoms with Crippen LogP contribution in [0.3, 0.4) is 0 Å². The van der Waals surface area contributed by atoms with Gasteiger partial charge in [-0.1, -0.05) is 0 Å². The first-order valence-corrected chi connectivity index (χ1v) is 8.75. The Labute approximate surface area is 151 Å². The van der Waals surface area contributed by atoms with Crippen LogP contribution in [0.4, 0.5) is 5.69 Å². The SMILES string of the molecule is Cc1[nH]cnc1-c1nccn1-c1ccc(N2CCC[C@H](C(=O)O)C2)cc1. The standard InChI is InChI=1S/C19H21N5O2/c1-13-17(22-12-21-13)18-20-8-10-24(18)16-6-4-15(5-7-16)23-9-2-3-14(11-23)19(25)26/h4-8,10,12,14H,2-3,9,11H2,1H3,(H,21,22)(H,25,26)/t14-/m0/s1. The first-order valence-electron chi connectivity index (χ1n) is 8.75. The Morgan fingerprint density at radius 3 is 2.69 bits per heavy atom. The monoisotopic (exact) mass is 351 g/mol. The maximum Gasteiger partial charge on any atom is 0.308 e. The number of benzene rings is 1. The van der Waals surface area contributed by atoms with Gasteiger partial charge in [-0.05, 0) is 44.0 Å². The lowest BCUT2D eigenvalue weighted by Gasteiger charge is -2.32. The van der Waals surface area contributed by atoms with Gasteiger partial charge in [-0.15, -0.1) is 0 Å². The van der Waals surface area contributed by atoms with Gasteiger partial charge in [0.05, 0.1) is 12.2 Å². The summed E-state index contributed by atoms with van der Waals surface area (Å²) in [6.45, 7) is 3.43. The molecular weight excluding hydrogens is 330 g/mol. The summed E-state index contributed by atoms with van der Waals surface area (Å²) >= 11 is 0. The van der Waals surface area contributed by atoms with Crippen LogP contribution in [0, 0.1) is 12.8 Å². The number of aryl methyl sites for hydroxylation is 1. The third kappa shape index (κ3) is 2.96. The highest BCUT2D eigenvalue weighted by Crippen LogP contribution is 2.26. The molecule has 1 fully saturated rings. The molecule has 4 rings (SSSR count). The second-order valence-corrected chi connectivity index (χ2v) is 6.64. The highest BCUT2D eigenvalue weighted by molar-refractivity contribution is 5.71. The van der Waals surface area contributed by atoms with Crippen molar-refractivity contribution in [3.63, 3.8) is 0 Å². The number of imidazole rings is 2. The van der Waals surface area contributed by atoms with Crippen molar-refractivity contribution in [1.29, 1.82) is 0 Å². The maximum atomic E-state index is 11.3. The van der Waals surface area contributed by atoms with Crippen LogP contribution in [0.1, 0.15) is 18.5 Å². The van der Waals surface area contributed by atoms with Gasteiger partial charge in [-0.3, -0.25) is 9.36 Å². The Morgan fingerprint density at radius 1 is 1.23 bits per heavy atom. The molecule has 3 aromatic rings. The third-order valence-corrected chi connectivity index (χ3v) is 4.95. The van der Waals surface area contributed by atoms with E-state index in [2.05, 4.69) is 19.9 Å². The van der Waals surface area contributed by atoms with E-state index >= 15 is 0 Å². The first-order chi connectivity index (χ1) is 12.6. The molecule has 1 saturated heterocycles. The average Bonchev–Trinajstić information content (AvgIpc) is 3.30. The van der Waals surface area contributed by atoms with Crippen LogP contribution in [-0.4, -0.2) is 43.7 Å². The average molecular weight is 351 g/mol. The molecule has 26 heavy (non-hydrogen) atoms.